The van der Waals surface area contributed by atoms with Gasteiger partial charge < -0.3 is 0 Å². The highest BCUT2D eigenvalue weighted by Gasteiger charge is 2.44. The van der Waals surface area contributed by atoms with Crippen molar-refractivity contribution < 1.29 is 14.0 Å². The van der Waals surface area contributed by atoms with Gasteiger partial charge in [0, 0.05) is 13.1 Å². The van der Waals surface area contributed by atoms with Crippen LogP contribution in [0.25, 0.3) is 0 Å². The molecule has 0 N–H and O–H groups in total. The number of nitrogens with zero attached hydrogens (tertiary/aromatic N) is 2. The summed E-state index contributed by atoms with van der Waals surface area (Å²) < 4.78 is 13.6. The molecule has 0 aromatic rings. The summed E-state index contributed by atoms with van der Waals surface area (Å²) in [6.45, 7) is 3.48. The number of likely N-dealkylation sites (N-methyl/N-ethyl adjacent to an activating group) is 1. The summed E-state index contributed by atoms with van der Waals surface area (Å²) in [5.41, 5.74) is 0. The van der Waals surface area contributed by atoms with Crippen LogP contribution in [0.3, 0.4) is 0 Å². The molecule has 2 amide bonds. The fraction of sp³-hybridized carbons (Fsp3) is 0.778. The van der Waals surface area contributed by atoms with E-state index in [2.05, 4.69) is 0 Å². The van der Waals surface area contributed by atoms with E-state index >= 15 is 0 Å². The second kappa shape index (κ2) is 4.09. The zero-order chi connectivity index (χ0) is 11.0. The van der Waals surface area contributed by atoms with Crippen LogP contribution in [0.5, 0.6) is 0 Å². The van der Waals surface area contributed by atoms with Crippen molar-refractivity contribution in [2.75, 3.05) is 25.4 Å². The van der Waals surface area contributed by atoms with Gasteiger partial charge in [-0.15, -0.1) is 0 Å². The van der Waals surface area contributed by atoms with Gasteiger partial charge >= 0.3 is 0 Å². The van der Waals surface area contributed by atoms with Gasteiger partial charge in [0.1, 0.15) is 6.17 Å². The van der Waals surface area contributed by atoms with Gasteiger partial charge in [0.2, 0.25) is 5.91 Å². The maximum absolute atomic E-state index is 13.6. The molecule has 0 saturated carbocycles. The number of amides is 2. The molecule has 0 radical (unpaired) electrons. The maximum atomic E-state index is 13.6. The third-order valence-corrected chi connectivity index (χ3v) is 3.69. The number of rotatable bonds is 2. The molecule has 2 aliphatic rings. The van der Waals surface area contributed by atoms with E-state index in [1.807, 2.05) is 11.8 Å². The number of thioether (sulfide) groups is 1. The number of halogens is 1. The highest BCUT2D eigenvalue weighted by atomic mass is 32.2. The lowest BCUT2D eigenvalue weighted by molar-refractivity contribution is -0.126. The Kier molecular flexibility index (Phi) is 2.97. The topological polar surface area (TPSA) is 40.6 Å². The Morgan fingerprint density at radius 3 is 2.67 bits per heavy atom. The molecular formula is C9H13FN2O2S. The van der Waals surface area contributed by atoms with E-state index in [1.54, 1.807) is 0 Å². The van der Waals surface area contributed by atoms with Gasteiger partial charge in [0.25, 0.3) is 5.24 Å². The normalized spacial score (nSPS) is 33.1. The Balaban J connectivity index is 2.10. The summed E-state index contributed by atoms with van der Waals surface area (Å²) >= 11 is 0.963. The minimum atomic E-state index is -1.10. The number of hydrogen-bond donors (Lipinski definition) is 0. The van der Waals surface area contributed by atoms with Crippen molar-refractivity contribution in [1.29, 1.82) is 0 Å². The minimum Gasteiger partial charge on any atom is -0.298 e. The first-order valence-corrected chi connectivity index (χ1v) is 5.97. The Morgan fingerprint density at radius 1 is 1.47 bits per heavy atom. The number of carbonyl (C=O) groups is 2. The van der Waals surface area contributed by atoms with Crippen LogP contribution >= 0.6 is 11.8 Å². The van der Waals surface area contributed by atoms with E-state index in [4.69, 9.17) is 0 Å². The molecule has 0 bridgehead atoms. The second-order valence-corrected chi connectivity index (χ2v) is 4.68. The zero-order valence-corrected chi connectivity index (χ0v) is 9.30. The highest BCUT2D eigenvalue weighted by Crippen LogP contribution is 2.27. The van der Waals surface area contributed by atoms with Crippen molar-refractivity contribution in [1.82, 2.24) is 9.80 Å². The predicted molar refractivity (Wildman–Crippen MR) is 55.5 cm³/mol. The van der Waals surface area contributed by atoms with Gasteiger partial charge in [-0.05, 0) is 6.54 Å². The molecule has 6 heteroatoms. The number of alkyl halides is 1. The Morgan fingerprint density at radius 2 is 2.20 bits per heavy atom. The van der Waals surface area contributed by atoms with Crippen LogP contribution < -0.4 is 0 Å². The molecule has 2 aliphatic heterocycles. The fourth-order valence-electron chi connectivity index (χ4n) is 2.01. The molecule has 2 saturated heterocycles. The van der Waals surface area contributed by atoms with E-state index in [0.29, 0.717) is 13.1 Å². The molecule has 2 fully saturated rings. The first-order valence-electron chi connectivity index (χ1n) is 4.98. The standard InChI is InChI=1S/C9H13FN2O2S/c1-2-11-3-6(10)7(4-11)12-8(13)5-15-9(12)14/h6-7H,2-5H2,1H3/t6-,7-/m1/s1. The summed E-state index contributed by atoms with van der Waals surface area (Å²) in [5, 5.41) is -0.300. The predicted octanol–water partition coefficient (Wildman–Crippen LogP) is 0.724. The molecule has 0 aromatic heterocycles. The van der Waals surface area contributed by atoms with Crippen molar-refractivity contribution in [2.45, 2.75) is 19.1 Å². The highest BCUT2D eigenvalue weighted by molar-refractivity contribution is 8.14. The summed E-state index contributed by atoms with van der Waals surface area (Å²) in [6, 6.07) is -0.569. The number of hydrogen-bond acceptors (Lipinski definition) is 4. The third kappa shape index (κ3) is 1.88. The smallest absolute Gasteiger partial charge is 0.289 e. The molecular weight excluding hydrogens is 219 g/mol. The maximum Gasteiger partial charge on any atom is 0.289 e. The average Bonchev–Trinajstić information content (AvgIpc) is 2.71. The molecule has 15 heavy (non-hydrogen) atoms. The zero-order valence-electron chi connectivity index (χ0n) is 8.48. The lowest BCUT2D eigenvalue weighted by atomic mass is 10.2. The summed E-state index contributed by atoms with van der Waals surface area (Å²) in [7, 11) is 0. The van der Waals surface area contributed by atoms with E-state index in [1.165, 1.54) is 0 Å². The summed E-state index contributed by atoms with van der Waals surface area (Å²) in [6.07, 6.45) is -1.10. The van der Waals surface area contributed by atoms with Crippen LogP contribution in [-0.2, 0) is 4.79 Å². The Hall–Kier alpha value is -0.620. The first-order chi connectivity index (χ1) is 7.13. The molecule has 2 heterocycles. The van der Waals surface area contributed by atoms with Crippen LogP contribution in [0.15, 0.2) is 0 Å². The van der Waals surface area contributed by atoms with Crippen LogP contribution in [0.2, 0.25) is 0 Å². The van der Waals surface area contributed by atoms with Crippen LogP contribution in [0.4, 0.5) is 9.18 Å². The Labute approximate surface area is 91.8 Å². The van der Waals surface area contributed by atoms with E-state index in [-0.39, 0.29) is 16.9 Å². The van der Waals surface area contributed by atoms with Gasteiger partial charge in [-0.3, -0.25) is 19.4 Å². The minimum absolute atomic E-state index is 0.161. The number of imide groups is 1. The lowest BCUT2D eigenvalue weighted by Gasteiger charge is -2.22. The van der Waals surface area contributed by atoms with E-state index in [9.17, 15) is 14.0 Å². The fourth-order valence-corrected chi connectivity index (χ4v) is 2.77. The monoisotopic (exact) mass is 232 g/mol. The van der Waals surface area contributed by atoms with E-state index in [0.717, 1.165) is 23.2 Å². The molecule has 0 spiro atoms. The molecule has 0 aromatic carbocycles. The summed E-state index contributed by atoms with van der Waals surface area (Å²) in [5.74, 6) is -0.0932. The van der Waals surface area contributed by atoms with Crippen LogP contribution in [-0.4, -0.2) is 58.5 Å². The van der Waals surface area contributed by atoms with Gasteiger partial charge in [0.05, 0.1) is 11.8 Å². The quantitative estimate of drug-likeness (QED) is 0.703. The van der Waals surface area contributed by atoms with Gasteiger partial charge in [-0.2, -0.15) is 0 Å². The number of likely N-dealkylation sites (tertiary alicyclic amines) is 1. The van der Waals surface area contributed by atoms with Crippen molar-refractivity contribution in [3.63, 3.8) is 0 Å². The molecule has 0 unspecified atom stereocenters. The van der Waals surface area contributed by atoms with Gasteiger partial charge in [-0.25, -0.2) is 4.39 Å². The van der Waals surface area contributed by atoms with Gasteiger partial charge in [0.15, 0.2) is 0 Å². The van der Waals surface area contributed by atoms with E-state index < -0.39 is 12.2 Å². The second-order valence-electron chi connectivity index (χ2n) is 3.75. The molecule has 2 atom stereocenters. The van der Waals surface area contributed by atoms with Crippen LogP contribution in [0.1, 0.15) is 6.92 Å². The molecule has 4 nitrogen and oxygen atoms in total. The third-order valence-electron chi connectivity index (χ3n) is 2.86. The average molecular weight is 232 g/mol. The number of carbonyl (C=O) groups excluding carboxylic acids is 2. The molecule has 0 aliphatic carbocycles. The van der Waals surface area contributed by atoms with Crippen molar-refractivity contribution in [3.8, 4) is 0 Å². The largest absolute Gasteiger partial charge is 0.298 e. The Bertz CT molecular complexity index is 284. The van der Waals surface area contributed by atoms with Crippen molar-refractivity contribution in [2.24, 2.45) is 0 Å². The molecule has 84 valence electrons. The van der Waals surface area contributed by atoms with Crippen LogP contribution in [0, 0.1) is 0 Å². The summed E-state index contributed by atoms with van der Waals surface area (Å²) in [4.78, 5) is 25.8. The SMILES string of the molecule is CCN1C[C@@H](F)[C@H](N2C(=O)CSC2=O)C1. The first kappa shape index (κ1) is 10.9. The van der Waals surface area contributed by atoms with Crippen molar-refractivity contribution in [3.05, 3.63) is 0 Å². The lowest BCUT2D eigenvalue weighted by Crippen LogP contribution is -2.44. The van der Waals surface area contributed by atoms with Gasteiger partial charge in [-0.1, -0.05) is 18.7 Å². The van der Waals surface area contributed by atoms with Crippen molar-refractivity contribution >= 4 is 22.9 Å². The molecule has 2 rings (SSSR count).